The second-order valence-electron chi connectivity index (χ2n) is 7.33. The zero-order valence-electron chi connectivity index (χ0n) is 14.2. The van der Waals surface area contributed by atoms with Crippen LogP contribution < -0.4 is 5.73 Å². The van der Waals surface area contributed by atoms with E-state index < -0.39 is 0 Å². The number of thiophene rings is 1. The van der Waals surface area contributed by atoms with E-state index in [1.807, 2.05) is 11.3 Å². The monoisotopic (exact) mass is 308 g/mol. The minimum Gasteiger partial charge on any atom is -0.329 e. The summed E-state index contributed by atoms with van der Waals surface area (Å²) in [6.45, 7) is 11.0. The van der Waals surface area contributed by atoms with Crippen molar-refractivity contribution in [2.75, 3.05) is 13.1 Å². The highest BCUT2D eigenvalue weighted by molar-refractivity contribution is 7.12. The van der Waals surface area contributed by atoms with Crippen molar-refractivity contribution in [2.45, 2.75) is 77.3 Å². The SMILES string of the molecule is CCN(C1CCCCC1)C(CN)c1ccc(C(C)(C)C)s1. The lowest BCUT2D eigenvalue weighted by atomic mass is 9.92. The first-order valence-corrected chi connectivity index (χ1v) is 9.35. The van der Waals surface area contributed by atoms with E-state index in [1.165, 1.54) is 41.9 Å². The van der Waals surface area contributed by atoms with E-state index >= 15 is 0 Å². The highest BCUT2D eigenvalue weighted by Crippen LogP contribution is 2.36. The van der Waals surface area contributed by atoms with Crippen LogP contribution in [-0.4, -0.2) is 24.0 Å². The van der Waals surface area contributed by atoms with E-state index in [0.717, 1.165) is 19.1 Å². The summed E-state index contributed by atoms with van der Waals surface area (Å²) in [5.41, 5.74) is 6.41. The first kappa shape index (κ1) is 17.0. The maximum atomic E-state index is 6.17. The van der Waals surface area contributed by atoms with Gasteiger partial charge in [0.25, 0.3) is 0 Å². The van der Waals surface area contributed by atoms with Gasteiger partial charge in [-0.1, -0.05) is 47.0 Å². The van der Waals surface area contributed by atoms with E-state index in [4.69, 9.17) is 5.73 Å². The average molecular weight is 309 g/mol. The lowest BCUT2D eigenvalue weighted by molar-refractivity contribution is 0.115. The standard InChI is InChI=1S/C18H32N2S/c1-5-20(14-9-7-6-8-10-14)15(13-19)16-11-12-17(21-16)18(2,3)4/h11-12,14-15H,5-10,13,19H2,1-4H3. The average Bonchev–Trinajstić information content (AvgIpc) is 2.95. The lowest BCUT2D eigenvalue weighted by Gasteiger charge is -2.38. The lowest BCUT2D eigenvalue weighted by Crippen LogP contribution is -2.42. The highest BCUT2D eigenvalue weighted by atomic mass is 32.1. The maximum absolute atomic E-state index is 6.17. The summed E-state index contributed by atoms with van der Waals surface area (Å²) in [5, 5.41) is 0. The van der Waals surface area contributed by atoms with E-state index in [2.05, 4.69) is 44.7 Å². The van der Waals surface area contributed by atoms with Crippen molar-refractivity contribution in [2.24, 2.45) is 5.73 Å². The first-order chi connectivity index (χ1) is 9.97. The first-order valence-electron chi connectivity index (χ1n) is 8.53. The molecule has 1 atom stereocenters. The molecule has 1 saturated carbocycles. The van der Waals surface area contributed by atoms with Gasteiger partial charge in [-0.15, -0.1) is 11.3 Å². The summed E-state index contributed by atoms with van der Waals surface area (Å²) in [6.07, 6.45) is 6.88. The van der Waals surface area contributed by atoms with Crippen LogP contribution in [0.5, 0.6) is 0 Å². The van der Waals surface area contributed by atoms with Gasteiger partial charge < -0.3 is 5.73 Å². The van der Waals surface area contributed by atoms with E-state index in [1.54, 1.807) is 0 Å². The molecule has 1 aliphatic rings. The van der Waals surface area contributed by atoms with Crippen LogP contribution in [0, 0.1) is 0 Å². The van der Waals surface area contributed by atoms with E-state index in [0.29, 0.717) is 6.04 Å². The van der Waals surface area contributed by atoms with E-state index in [9.17, 15) is 0 Å². The Labute approximate surface area is 134 Å². The summed E-state index contributed by atoms with van der Waals surface area (Å²) in [4.78, 5) is 5.59. The van der Waals surface area contributed by atoms with Crippen LogP contribution in [0.1, 0.15) is 75.6 Å². The van der Waals surface area contributed by atoms with E-state index in [-0.39, 0.29) is 5.41 Å². The summed E-state index contributed by atoms with van der Waals surface area (Å²) in [5.74, 6) is 0. The number of likely N-dealkylation sites (N-methyl/N-ethyl adjacent to an activating group) is 1. The zero-order valence-corrected chi connectivity index (χ0v) is 15.0. The number of hydrogen-bond acceptors (Lipinski definition) is 3. The summed E-state index contributed by atoms with van der Waals surface area (Å²) >= 11 is 1.96. The fourth-order valence-electron chi connectivity index (χ4n) is 3.50. The normalized spacial score (nSPS) is 19.1. The fourth-order valence-corrected chi connectivity index (χ4v) is 4.70. The summed E-state index contributed by atoms with van der Waals surface area (Å²) in [7, 11) is 0. The van der Waals surface area contributed by atoms with Crippen LogP contribution in [-0.2, 0) is 5.41 Å². The Morgan fingerprint density at radius 3 is 2.38 bits per heavy atom. The van der Waals surface area contributed by atoms with Gasteiger partial charge in [0.1, 0.15) is 0 Å². The van der Waals surface area contributed by atoms with Gasteiger partial charge in [-0.25, -0.2) is 0 Å². The second-order valence-corrected chi connectivity index (χ2v) is 8.44. The molecule has 120 valence electrons. The Hall–Kier alpha value is -0.380. The largest absolute Gasteiger partial charge is 0.329 e. The number of nitrogens with zero attached hydrogens (tertiary/aromatic N) is 1. The third kappa shape index (κ3) is 4.08. The molecule has 0 aromatic carbocycles. The van der Waals surface area contributed by atoms with Crippen LogP contribution in [0.4, 0.5) is 0 Å². The van der Waals surface area contributed by atoms with Crippen LogP contribution in [0.25, 0.3) is 0 Å². The Morgan fingerprint density at radius 1 is 1.24 bits per heavy atom. The minimum absolute atomic E-state index is 0.240. The van der Waals surface area contributed by atoms with Crippen LogP contribution in [0.2, 0.25) is 0 Å². The third-order valence-electron chi connectivity index (χ3n) is 4.73. The number of hydrogen-bond donors (Lipinski definition) is 1. The molecule has 2 nitrogen and oxygen atoms in total. The predicted octanol–water partition coefficient (Wildman–Crippen LogP) is 4.70. The minimum atomic E-state index is 0.240. The van der Waals surface area contributed by atoms with Crippen molar-refractivity contribution in [1.29, 1.82) is 0 Å². The molecule has 1 unspecified atom stereocenters. The number of nitrogens with two attached hydrogens (primary N) is 1. The molecule has 1 fully saturated rings. The molecule has 0 spiro atoms. The fraction of sp³-hybridized carbons (Fsp3) is 0.778. The molecule has 0 amide bonds. The van der Waals surface area contributed by atoms with Crippen molar-refractivity contribution >= 4 is 11.3 Å². The Morgan fingerprint density at radius 2 is 1.90 bits per heavy atom. The van der Waals surface area contributed by atoms with Crippen LogP contribution in [0.15, 0.2) is 12.1 Å². The Balaban J connectivity index is 2.18. The topological polar surface area (TPSA) is 29.3 Å². The quantitative estimate of drug-likeness (QED) is 0.854. The van der Waals surface area contributed by atoms with Gasteiger partial charge in [0.05, 0.1) is 6.04 Å². The van der Waals surface area contributed by atoms with Gasteiger partial charge in [-0.2, -0.15) is 0 Å². The van der Waals surface area contributed by atoms with Gasteiger partial charge >= 0.3 is 0 Å². The van der Waals surface area contributed by atoms with Gasteiger partial charge in [-0.05, 0) is 36.9 Å². The van der Waals surface area contributed by atoms with Gasteiger partial charge in [0.2, 0.25) is 0 Å². The molecule has 2 N–H and O–H groups in total. The molecule has 1 aromatic rings. The molecular formula is C18H32N2S. The predicted molar refractivity (Wildman–Crippen MR) is 94.1 cm³/mol. The Kier molecular flexibility index (Phi) is 5.87. The molecular weight excluding hydrogens is 276 g/mol. The molecule has 0 aliphatic heterocycles. The molecule has 21 heavy (non-hydrogen) atoms. The molecule has 0 saturated heterocycles. The van der Waals surface area contributed by atoms with Crippen molar-refractivity contribution in [3.05, 3.63) is 21.9 Å². The van der Waals surface area contributed by atoms with Crippen LogP contribution in [0.3, 0.4) is 0 Å². The molecule has 1 aliphatic carbocycles. The zero-order chi connectivity index (χ0) is 15.5. The molecule has 2 rings (SSSR count). The summed E-state index contributed by atoms with van der Waals surface area (Å²) < 4.78 is 0. The van der Waals surface area contributed by atoms with Crippen molar-refractivity contribution in [3.63, 3.8) is 0 Å². The maximum Gasteiger partial charge on any atom is 0.0566 e. The van der Waals surface area contributed by atoms with Crippen LogP contribution >= 0.6 is 11.3 Å². The summed E-state index contributed by atoms with van der Waals surface area (Å²) in [6, 6.07) is 5.75. The van der Waals surface area contributed by atoms with Gasteiger partial charge in [-0.3, -0.25) is 4.90 Å². The van der Waals surface area contributed by atoms with Crippen molar-refractivity contribution in [1.82, 2.24) is 4.90 Å². The number of rotatable bonds is 5. The molecule has 1 aromatic heterocycles. The van der Waals surface area contributed by atoms with Gasteiger partial charge in [0.15, 0.2) is 0 Å². The molecule has 0 radical (unpaired) electrons. The second kappa shape index (κ2) is 7.26. The van der Waals surface area contributed by atoms with Crippen molar-refractivity contribution < 1.29 is 0 Å². The smallest absolute Gasteiger partial charge is 0.0566 e. The molecule has 0 bridgehead atoms. The Bertz CT molecular complexity index is 427. The van der Waals surface area contributed by atoms with Gasteiger partial charge in [0, 0.05) is 22.3 Å². The highest BCUT2D eigenvalue weighted by Gasteiger charge is 2.28. The third-order valence-corrected chi connectivity index (χ3v) is 6.34. The molecule has 3 heteroatoms. The molecule has 1 heterocycles. The van der Waals surface area contributed by atoms with Crippen molar-refractivity contribution in [3.8, 4) is 0 Å².